The molecule has 3 heterocycles. The Kier molecular flexibility index (Phi) is 9.25. The van der Waals surface area contributed by atoms with Crippen LogP contribution < -0.4 is 10.6 Å². The summed E-state index contributed by atoms with van der Waals surface area (Å²) in [5.74, 6) is 2.59. The molecule has 1 aromatic rings. The average Bonchev–Trinajstić information content (AvgIpc) is 3.16. The van der Waals surface area contributed by atoms with Crippen LogP contribution in [0.5, 0.6) is 0 Å². The molecule has 2 saturated heterocycles. The molecule has 5 nitrogen and oxygen atoms in total. The van der Waals surface area contributed by atoms with Gasteiger partial charge in [-0.1, -0.05) is 6.07 Å². The third-order valence-electron chi connectivity index (χ3n) is 4.89. The summed E-state index contributed by atoms with van der Waals surface area (Å²) in [7, 11) is 0. The maximum Gasteiger partial charge on any atom is 0.224 e. The first kappa shape index (κ1) is 21.5. The molecule has 1 unspecified atom stereocenters. The minimum atomic E-state index is 0. The van der Waals surface area contributed by atoms with Crippen LogP contribution in [0, 0.1) is 5.92 Å². The van der Waals surface area contributed by atoms with E-state index >= 15 is 0 Å². The molecule has 2 amide bonds. The molecule has 1 aromatic heterocycles. The number of rotatable bonds is 6. The third kappa shape index (κ3) is 6.44. The first-order valence-corrected chi connectivity index (χ1v) is 11.1. The van der Waals surface area contributed by atoms with E-state index in [4.69, 9.17) is 0 Å². The SMILES string of the molecule is Cl.O=C(NCCc1cccs1)C1CCN(C(=O)CC2CSCCN2)CC1. The smallest absolute Gasteiger partial charge is 0.224 e. The number of hydrogen-bond donors (Lipinski definition) is 2. The lowest BCUT2D eigenvalue weighted by Gasteiger charge is -2.33. The van der Waals surface area contributed by atoms with Crippen LogP contribution >= 0.6 is 35.5 Å². The summed E-state index contributed by atoms with van der Waals surface area (Å²) in [4.78, 5) is 28.0. The Morgan fingerprint density at radius 3 is 2.77 bits per heavy atom. The van der Waals surface area contributed by atoms with E-state index in [1.165, 1.54) is 4.88 Å². The van der Waals surface area contributed by atoms with Crippen LogP contribution in [0.3, 0.4) is 0 Å². The number of thiophene rings is 1. The Bertz CT molecular complexity index is 557. The van der Waals surface area contributed by atoms with Gasteiger partial charge >= 0.3 is 0 Å². The Morgan fingerprint density at radius 1 is 1.31 bits per heavy atom. The van der Waals surface area contributed by atoms with Crippen LogP contribution in [0.25, 0.3) is 0 Å². The minimum absolute atomic E-state index is 0. The summed E-state index contributed by atoms with van der Waals surface area (Å²) in [6, 6.07) is 4.45. The van der Waals surface area contributed by atoms with E-state index in [9.17, 15) is 9.59 Å². The van der Waals surface area contributed by atoms with Crippen molar-refractivity contribution in [1.82, 2.24) is 15.5 Å². The molecule has 0 aliphatic carbocycles. The number of likely N-dealkylation sites (tertiary alicyclic amines) is 1. The molecule has 0 spiro atoms. The molecule has 0 aromatic carbocycles. The van der Waals surface area contributed by atoms with E-state index in [1.54, 1.807) is 11.3 Å². The van der Waals surface area contributed by atoms with Crippen molar-refractivity contribution in [3.63, 3.8) is 0 Å². The molecule has 2 N–H and O–H groups in total. The lowest BCUT2D eigenvalue weighted by molar-refractivity contribution is -0.136. The summed E-state index contributed by atoms with van der Waals surface area (Å²) in [5, 5.41) is 8.53. The molecule has 0 radical (unpaired) electrons. The Morgan fingerprint density at radius 2 is 2.12 bits per heavy atom. The summed E-state index contributed by atoms with van der Waals surface area (Å²) in [6.07, 6.45) is 3.05. The molecule has 2 fully saturated rings. The van der Waals surface area contributed by atoms with Gasteiger partial charge in [0.1, 0.15) is 0 Å². The molecule has 1 atom stereocenters. The molecular weight excluding hydrogens is 390 g/mol. The molecule has 0 bridgehead atoms. The molecule has 146 valence electrons. The number of carbonyl (C=O) groups is 2. The standard InChI is InChI=1S/C18H27N3O2S2.ClH/c22-17(12-15-13-24-11-7-19-15)21-8-4-14(5-9-21)18(23)20-6-3-16-2-1-10-25-16;/h1-2,10,14-15,19H,3-9,11-13H2,(H,20,23);1H. The van der Waals surface area contributed by atoms with E-state index in [2.05, 4.69) is 22.1 Å². The Balaban J connectivity index is 0.00000243. The number of halogens is 1. The minimum Gasteiger partial charge on any atom is -0.355 e. The van der Waals surface area contributed by atoms with Crippen LogP contribution in [-0.4, -0.2) is 60.4 Å². The summed E-state index contributed by atoms with van der Waals surface area (Å²) in [6.45, 7) is 3.11. The van der Waals surface area contributed by atoms with Crippen LogP contribution in [0.15, 0.2) is 17.5 Å². The monoisotopic (exact) mass is 417 g/mol. The predicted molar refractivity (Wildman–Crippen MR) is 111 cm³/mol. The van der Waals surface area contributed by atoms with Gasteiger partial charge < -0.3 is 15.5 Å². The first-order chi connectivity index (χ1) is 12.2. The van der Waals surface area contributed by atoms with Crippen molar-refractivity contribution in [2.24, 2.45) is 5.92 Å². The fraction of sp³-hybridized carbons (Fsp3) is 0.667. The van der Waals surface area contributed by atoms with Gasteiger partial charge in [0.05, 0.1) is 0 Å². The number of nitrogens with zero attached hydrogens (tertiary/aromatic N) is 1. The van der Waals surface area contributed by atoms with Gasteiger partial charge in [-0.25, -0.2) is 0 Å². The molecule has 0 saturated carbocycles. The quantitative estimate of drug-likeness (QED) is 0.744. The number of carbonyl (C=O) groups excluding carboxylic acids is 2. The van der Waals surface area contributed by atoms with Gasteiger partial charge in [0.15, 0.2) is 0 Å². The van der Waals surface area contributed by atoms with E-state index in [0.717, 1.165) is 37.3 Å². The zero-order chi connectivity index (χ0) is 17.5. The van der Waals surface area contributed by atoms with E-state index in [0.29, 0.717) is 32.1 Å². The van der Waals surface area contributed by atoms with E-state index in [1.807, 2.05) is 22.7 Å². The number of thioether (sulfide) groups is 1. The summed E-state index contributed by atoms with van der Waals surface area (Å²) in [5.41, 5.74) is 0. The molecular formula is C18H28ClN3O2S2. The van der Waals surface area contributed by atoms with Gasteiger partial charge in [0, 0.05) is 60.9 Å². The van der Waals surface area contributed by atoms with E-state index in [-0.39, 0.29) is 30.1 Å². The van der Waals surface area contributed by atoms with Crippen LogP contribution in [-0.2, 0) is 16.0 Å². The van der Waals surface area contributed by atoms with Crippen molar-refractivity contribution in [2.45, 2.75) is 31.7 Å². The first-order valence-electron chi connectivity index (χ1n) is 9.11. The second-order valence-corrected chi connectivity index (χ2v) is 8.89. The van der Waals surface area contributed by atoms with Crippen molar-refractivity contribution in [1.29, 1.82) is 0 Å². The van der Waals surface area contributed by atoms with Gasteiger partial charge in [-0.05, 0) is 30.7 Å². The lowest BCUT2D eigenvalue weighted by Crippen LogP contribution is -2.46. The van der Waals surface area contributed by atoms with Crippen molar-refractivity contribution < 1.29 is 9.59 Å². The fourth-order valence-electron chi connectivity index (χ4n) is 3.39. The lowest BCUT2D eigenvalue weighted by atomic mass is 9.95. The highest BCUT2D eigenvalue weighted by atomic mass is 35.5. The Hall–Kier alpha value is -0.760. The van der Waals surface area contributed by atoms with Crippen LogP contribution in [0.2, 0.25) is 0 Å². The third-order valence-corrected chi connectivity index (χ3v) is 6.96. The summed E-state index contributed by atoms with van der Waals surface area (Å²) < 4.78 is 0. The van der Waals surface area contributed by atoms with Crippen molar-refractivity contribution in [3.8, 4) is 0 Å². The molecule has 8 heteroatoms. The number of nitrogens with one attached hydrogen (secondary N) is 2. The zero-order valence-electron chi connectivity index (χ0n) is 14.9. The predicted octanol–water partition coefficient (Wildman–Crippen LogP) is 2.16. The van der Waals surface area contributed by atoms with Gasteiger partial charge in [0.2, 0.25) is 11.8 Å². The van der Waals surface area contributed by atoms with Gasteiger partial charge in [-0.2, -0.15) is 11.8 Å². The van der Waals surface area contributed by atoms with Crippen molar-refractivity contribution >= 4 is 47.3 Å². The van der Waals surface area contributed by atoms with Crippen molar-refractivity contribution in [3.05, 3.63) is 22.4 Å². The fourth-order valence-corrected chi connectivity index (χ4v) is 5.05. The van der Waals surface area contributed by atoms with E-state index < -0.39 is 0 Å². The number of amides is 2. The second kappa shape index (κ2) is 11.2. The topological polar surface area (TPSA) is 61.4 Å². The van der Waals surface area contributed by atoms with Crippen LogP contribution in [0.4, 0.5) is 0 Å². The highest BCUT2D eigenvalue weighted by Crippen LogP contribution is 2.19. The normalized spacial score (nSPS) is 21.1. The number of hydrogen-bond acceptors (Lipinski definition) is 5. The molecule has 2 aliphatic heterocycles. The Labute approximate surface area is 170 Å². The van der Waals surface area contributed by atoms with Crippen molar-refractivity contribution in [2.75, 3.05) is 37.7 Å². The average molecular weight is 418 g/mol. The number of piperidine rings is 1. The molecule has 26 heavy (non-hydrogen) atoms. The van der Waals surface area contributed by atoms with Gasteiger partial charge in [-0.3, -0.25) is 9.59 Å². The van der Waals surface area contributed by atoms with Gasteiger partial charge in [-0.15, -0.1) is 23.7 Å². The maximum absolute atomic E-state index is 12.4. The van der Waals surface area contributed by atoms with Crippen LogP contribution in [0.1, 0.15) is 24.1 Å². The molecule has 2 aliphatic rings. The zero-order valence-corrected chi connectivity index (χ0v) is 17.4. The maximum atomic E-state index is 12.4. The highest BCUT2D eigenvalue weighted by molar-refractivity contribution is 7.99. The summed E-state index contributed by atoms with van der Waals surface area (Å²) >= 11 is 3.64. The van der Waals surface area contributed by atoms with Gasteiger partial charge in [0.25, 0.3) is 0 Å². The molecule has 3 rings (SSSR count). The second-order valence-electron chi connectivity index (χ2n) is 6.71. The highest BCUT2D eigenvalue weighted by Gasteiger charge is 2.28. The largest absolute Gasteiger partial charge is 0.355 e.